The molecule has 1 aliphatic rings. The molecular formula is C11H20F2O2Si. The van der Waals surface area contributed by atoms with Gasteiger partial charge in [0.15, 0.2) is 8.32 Å². The first-order chi connectivity index (χ1) is 7.00. The van der Waals surface area contributed by atoms with Crippen LogP contribution in [0.2, 0.25) is 18.1 Å². The normalized spacial score (nSPS) is 21.1. The highest BCUT2D eigenvalue weighted by molar-refractivity contribution is 6.74. The number of hydrogen-bond acceptors (Lipinski definition) is 2. The zero-order valence-electron chi connectivity index (χ0n) is 10.6. The van der Waals surface area contributed by atoms with Gasteiger partial charge in [-0.1, -0.05) is 20.8 Å². The summed E-state index contributed by atoms with van der Waals surface area (Å²) in [6.45, 7) is 9.86. The Labute approximate surface area is 96.5 Å². The Morgan fingerprint density at radius 1 is 1.31 bits per heavy atom. The van der Waals surface area contributed by atoms with Crippen molar-refractivity contribution in [3.63, 3.8) is 0 Å². The summed E-state index contributed by atoms with van der Waals surface area (Å²) in [5.74, 6) is -0.126. The summed E-state index contributed by atoms with van der Waals surface area (Å²) < 4.78 is 31.7. The summed E-state index contributed by atoms with van der Waals surface area (Å²) in [4.78, 5) is 11.0. The highest BCUT2D eigenvalue weighted by Crippen LogP contribution is 2.46. The quantitative estimate of drug-likeness (QED) is 0.718. The fourth-order valence-corrected chi connectivity index (χ4v) is 3.10. The first kappa shape index (κ1) is 13.8. The van der Waals surface area contributed by atoms with E-state index >= 15 is 0 Å². The zero-order chi connectivity index (χ0) is 12.8. The maximum atomic E-state index is 13.0. The second-order valence-electron chi connectivity index (χ2n) is 6.12. The van der Waals surface area contributed by atoms with Gasteiger partial charge in [0.25, 0.3) is 6.43 Å². The van der Waals surface area contributed by atoms with Crippen molar-refractivity contribution in [1.29, 1.82) is 0 Å². The van der Waals surface area contributed by atoms with Crippen LogP contribution in [-0.2, 0) is 9.22 Å². The van der Waals surface area contributed by atoms with E-state index in [-0.39, 0.29) is 23.7 Å². The Hall–Kier alpha value is -0.293. The van der Waals surface area contributed by atoms with Crippen LogP contribution >= 0.6 is 0 Å². The SMILES string of the molecule is CC(C)(C)[Si](C)(C)OC1(C(F)F)CC(=O)C1. The first-order valence-electron chi connectivity index (χ1n) is 5.50. The van der Waals surface area contributed by atoms with Crippen LogP contribution in [0.25, 0.3) is 0 Å². The van der Waals surface area contributed by atoms with Crippen LogP contribution in [0.15, 0.2) is 0 Å². The van der Waals surface area contributed by atoms with Gasteiger partial charge in [0.1, 0.15) is 11.4 Å². The van der Waals surface area contributed by atoms with E-state index < -0.39 is 20.3 Å². The van der Waals surface area contributed by atoms with Crippen molar-refractivity contribution >= 4 is 14.1 Å². The molecule has 1 fully saturated rings. The number of carbonyl (C=O) groups excluding carboxylic acids is 1. The van der Waals surface area contributed by atoms with Crippen LogP contribution in [0, 0.1) is 0 Å². The Morgan fingerprint density at radius 2 is 1.75 bits per heavy atom. The largest absolute Gasteiger partial charge is 0.405 e. The fraction of sp³-hybridized carbons (Fsp3) is 0.909. The molecule has 5 heteroatoms. The van der Waals surface area contributed by atoms with E-state index in [9.17, 15) is 13.6 Å². The average Bonchev–Trinajstić information content (AvgIpc) is 1.97. The number of rotatable bonds is 3. The minimum atomic E-state index is -2.57. The lowest BCUT2D eigenvalue weighted by Gasteiger charge is -2.48. The monoisotopic (exact) mass is 250 g/mol. The average molecular weight is 250 g/mol. The van der Waals surface area contributed by atoms with Crippen molar-refractivity contribution in [2.45, 2.75) is 63.8 Å². The second-order valence-corrected chi connectivity index (χ2v) is 10.8. The number of carbonyl (C=O) groups is 1. The topological polar surface area (TPSA) is 26.3 Å². The number of halogens is 2. The molecule has 0 saturated heterocycles. The lowest BCUT2D eigenvalue weighted by atomic mass is 9.79. The maximum absolute atomic E-state index is 13.0. The molecule has 2 nitrogen and oxygen atoms in total. The number of ketones is 1. The van der Waals surface area contributed by atoms with Crippen LogP contribution in [0.5, 0.6) is 0 Å². The van der Waals surface area contributed by atoms with E-state index in [0.29, 0.717) is 0 Å². The lowest BCUT2D eigenvalue weighted by Crippen LogP contribution is -2.59. The van der Waals surface area contributed by atoms with Crippen molar-refractivity contribution in [3.8, 4) is 0 Å². The van der Waals surface area contributed by atoms with Gasteiger partial charge >= 0.3 is 0 Å². The van der Waals surface area contributed by atoms with Crippen molar-refractivity contribution in [3.05, 3.63) is 0 Å². The molecule has 94 valence electrons. The summed E-state index contributed by atoms with van der Waals surface area (Å²) in [5.41, 5.74) is -1.49. The van der Waals surface area contributed by atoms with Crippen molar-refractivity contribution in [1.82, 2.24) is 0 Å². The van der Waals surface area contributed by atoms with Crippen LogP contribution in [0.3, 0.4) is 0 Å². The molecule has 0 spiro atoms. The minimum absolute atomic E-state index is 0.118. The van der Waals surface area contributed by atoms with E-state index in [1.165, 1.54) is 0 Å². The molecule has 0 heterocycles. The third-order valence-electron chi connectivity index (χ3n) is 3.66. The van der Waals surface area contributed by atoms with Gasteiger partial charge in [-0.05, 0) is 18.1 Å². The number of alkyl halides is 2. The van der Waals surface area contributed by atoms with Gasteiger partial charge in [-0.15, -0.1) is 0 Å². The Kier molecular flexibility index (Phi) is 3.33. The van der Waals surface area contributed by atoms with Crippen LogP contribution in [-0.4, -0.2) is 26.1 Å². The number of Topliss-reactive ketones (excluding diaryl/α,β-unsaturated/α-hetero) is 1. The van der Waals surface area contributed by atoms with E-state index in [4.69, 9.17) is 4.43 Å². The minimum Gasteiger partial charge on any atom is -0.405 e. The molecule has 0 bridgehead atoms. The molecule has 1 aliphatic carbocycles. The Balaban J connectivity index is 2.82. The highest BCUT2D eigenvalue weighted by Gasteiger charge is 2.56. The van der Waals surface area contributed by atoms with Gasteiger partial charge in [0, 0.05) is 12.8 Å². The molecule has 0 radical (unpaired) electrons. The van der Waals surface area contributed by atoms with E-state index in [2.05, 4.69) is 0 Å². The molecule has 0 amide bonds. The summed E-state index contributed by atoms with van der Waals surface area (Å²) in [6, 6.07) is 0. The van der Waals surface area contributed by atoms with Gasteiger partial charge in [-0.3, -0.25) is 4.79 Å². The summed E-state index contributed by atoms with van der Waals surface area (Å²) in [6.07, 6.45) is -2.83. The molecule has 0 aromatic carbocycles. The van der Waals surface area contributed by atoms with E-state index in [0.717, 1.165) is 0 Å². The van der Waals surface area contributed by atoms with Crippen LogP contribution in [0.4, 0.5) is 8.78 Å². The standard InChI is InChI=1S/C11H20F2O2Si/c1-10(2,3)16(4,5)15-11(9(12)13)6-8(14)7-11/h9H,6-7H2,1-5H3. The van der Waals surface area contributed by atoms with E-state index in [1.807, 2.05) is 33.9 Å². The number of hydrogen-bond donors (Lipinski definition) is 0. The third-order valence-corrected chi connectivity index (χ3v) is 8.18. The van der Waals surface area contributed by atoms with Gasteiger partial charge < -0.3 is 4.43 Å². The summed E-state index contributed by atoms with van der Waals surface area (Å²) in [7, 11) is -2.23. The molecule has 16 heavy (non-hydrogen) atoms. The molecule has 0 aromatic rings. The molecular weight excluding hydrogens is 230 g/mol. The second kappa shape index (κ2) is 3.87. The van der Waals surface area contributed by atoms with Crippen LogP contribution in [0.1, 0.15) is 33.6 Å². The van der Waals surface area contributed by atoms with Crippen LogP contribution < -0.4 is 0 Å². The molecule has 0 aromatic heterocycles. The Morgan fingerprint density at radius 3 is 2.00 bits per heavy atom. The molecule has 0 aliphatic heterocycles. The van der Waals surface area contributed by atoms with Crippen molar-refractivity contribution in [2.24, 2.45) is 0 Å². The Bertz CT molecular complexity index is 287. The molecule has 1 rings (SSSR count). The van der Waals surface area contributed by atoms with Crippen molar-refractivity contribution in [2.75, 3.05) is 0 Å². The molecule has 1 saturated carbocycles. The zero-order valence-corrected chi connectivity index (χ0v) is 11.6. The predicted octanol–water partition coefficient (Wildman–Crippen LogP) is 3.38. The van der Waals surface area contributed by atoms with Gasteiger partial charge in [0.2, 0.25) is 0 Å². The smallest absolute Gasteiger partial charge is 0.266 e. The first-order valence-corrected chi connectivity index (χ1v) is 8.41. The summed E-state index contributed by atoms with van der Waals surface area (Å²) in [5, 5.41) is -0.118. The predicted molar refractivity (Wildman–Crippen MR) is 61.3 cm³/mol. The fourth-order valence-electron chi connectivity index (χ4n) is 1.55. The third kappa shape index (κ3) is 2.35. The highest BCUT2D eigenvalue weighted by atomic mass is 28.4. The van der Waals surface area contributed by atoms with E-state index in [1.54, 1.807) is 0 Å². The van der Waals surface area contributed by atoms with Gasteiger partial charge in [-0.25, -0.2) is 8.78 Å². The van der Waals surface area contributed by atoms with Gasteiger partial charge in [0.05, 0.1) is 0 Å². The summed E-state index contributed by atoms with van der Waals surface area (Å²) >= 11 is 0. The molecule has 0 N–H and O–H groups in total. The lowest BCUT2D eigenvalue weighted by molar-refractivity contribution is -0.162. The maximum Gasteiger partial charge on any atom is 0.266 e. The van der Waals surface area contributed by atoms with Gasteiger partial charge in [-0.2, -0.15) is 0 Å². The molecule has 0 unspecified atom stereocenters. The van der Waals surface area contributed by atoms with Crippen molar-refractivity contribution < 1.29 is 18.0 Å². The molecule has 0 atom stereocenters.